The van der Waals surface area contributed by atoms with Gasteiger partial charge in [0.25, 0.3) is 0 Å². The van der Waals surface area contributed by atoms with Crippen molar-refractivity contribution in [3.05, 3.63) is 35.4 Å². The van der Waals surface area contributed by atoms with Gasteiger partial charge >= 0.3 is 0 Å². The zero-order chi connectivity index (χ0) is 8.39. The molecule has 2 nitrogen and oxygen atoms in total. The highest BCUT2D eigenvalue weighted by Crippen LogP contribution is 2.27. The number of benzene rings is 1. The molecule has 0 aromatic heterocycles. The number of nitrogens with one attached hydrogen (secondary N) is 1. The molecule has 1 atom stereocenters. The Morgan fingerprint density at radius 2 is 2.33 bits per heavy atom. The lowest BCUT2D eigenvalue weighted by atomic mass is 10.1. The third-order valence-corrected chi connectivity index (χ3v) is 2.13. The zero-order valence-electron chi connectivity index (χ0n) is 7.21. The molecule has 0 amide bonds. The molecule has 2 heteroatoms. The summed E-state index contributed by atoms with van der Waals surface area (Å²) in [7, 11) is 0. The van der Waals surface area contributed by atoms with Gasteiger partial charge in [0.05, 0.1) is 6.61 Å². The van der Waals surface area contributed by atoms with Crippen LogP contribution in [0, 0.1) is 0 Å². The maximum absolute atomic E-state index is 5.55. The van der Waals surface area contributed by atoms with Crippen molar-refractivity contribution in [3.8, 4) is 0 Å². The van der Waals surface area contributed by atoms with Gasteiger partial charge in [0.15, 0.2) is 0 Å². The van der Waals surface area contributed by atoms with Gasteiger partial charge in [-0.2, -0.15) is 0 Å². The Kier molecular flexibility index (Phi) is 2.11. The van der Waals surface area contributed by atoms with Crippen molar-refractivity contribution in [2.24, 2.45) is 0 Å². The molecule has 2 rings (SSSR count). The highest BCUT2D eigenvalue weighted by molar-refractivity contribution is 5.30. The van der Waals surface area contributed by atoms with E-state index in [0.717, 1.165) is 13.2 Å². The molecular weight excluding hydrogens is 150 g/mol. The van der Waals surface area contributed by atoms with Gasteiger partial charge in [-0.25, -0.2) is 0 Å². The fraction of sp³-hybridized carbons (Fsp3) is 0.400. The summed E-state index contributed by atoms with van der Waals surface area (Å²) in [5, 5.41) is 3.28. The normalized spacial score (nSPS) is 20.9. The van der Waals surface area contributed by atoms with E-state index in [1.54, 1.807) is 0 Å². The summed E-state index contributed by atoms with van der Waals surface area (Å²) in [5.41, 5.74) is 2.60. The van der Waals surface area contributed by atoms with E-state index in [0.29, 0.717) is 0 Å². The molecule has 1 aromatic carbocycles. The lowest BCUT2D eigenvalue weighted by Crippen LogP contribution is -2.19. The van der Waals surface area contributed by atoms with E-state index in [1.807, 2.05) is 0 Å². The molecule has 0 saturated heterocycles. The Morgan fingerprint density at radius 1 is 1.50 bits per heavy atom. The molecule has 1 aromatic rings. The standard InChI is InChI=1S/C10H13NO/c1-2-11-10-9-6-4-3-5-8(9)7-12-10/h3-6,10-11H,2,7H2,1H3. The minimum Gasteiger partial charge on any atom is -0.354 e. The Balaban J connectivity index is 2.24. The van der Waals surface area contributed by atoms with E-state index in [4.69, 9.17) is 4.74 Å². The van der Waals surface area contributed by atoms with Crippen molar-refractivity contribution in [2.75, 3.05) is 6.54 Å². The molecule has 64 valence electrons. The molecule has 0 radical (unpaired) electrons. The summed E-state index contributed by atoms with van der Waals surface area (Å²) in [6, 6.07) is 8.34. The Labute approximate surface area is 72.5 Å². The van der Waals surface area contributed by atoms with Crippen LogP contribution >= 0.6 is 0 Å². The van der Waals surface area contributed by atoms with Gasteiger partial charge in [-0.05, 0) is 12.1 Å². The van der Waals surface area contributed by atoms with Crippen molar-refractivity contribution >= 4 is 0 Å². The summed E-state index contributed by atoms with van der Waals surface area (Å²) in [4.78, 5) is 0. The van der Waals surface area contributed by atoms with Crippen LogP contribution in [0.1, 0.15) is 24.3 Å². The quantitative estimate of drug-likeness (QED) is 0.718. The molecule has 0 saturated carbocycles. The predicted octanol–water partition coefficient (Wildman–Crippen LogP) is 1.82. The molecule has 1 heterocycles. The van der Waals surface area contributed by atoms with Crippen molar-refractivity contribution < 1.29 is 4.74 Å². The number of fused-ring (bicyclic) bond motifs is 1. The first-order valence-electron chi connectivity index (χ1n) is 4.34. The van der Waals surface area contributed by atoms with Gasteiger partial charge in [-0.15, -0.1) is 0 Å². The minimum atomic E-state index is 0.117. The second-order valence-corrected chi connectivity index (χ2v) is 2.95. The smallest absolute Gasteiger partial charge is 0.135 e. The van der Waals surface area contributed by atoms with Gasteiger partial charge in [0, 0.05) is 5.56 Å². The van der Waals surface area contributed by atoms with Crippen molar-refractivity contribution in [1.29, 1.82) is 0 Å². The monoisotopic (exact) mass is 163 g/mol. The van der Waals surface area contributed by atoms with Gasteiger partial charge in [-0.3, -0.25) is 5.32 Å². The van der Waals surface area contributed by atoms with Crippen LogP contribution in [-0.2, 0) is 11.3 Å². The van der Waals surface area contributed by atoms with Crippen LogP contribution in [0.15, 0.2) is 24.3 Å². The van der Waals surface area contributed by atoms with Crippen LogP contribution in [-0.4, -0.2) is 6.54 Å². The highest BCUT2D eigenvalue weighted by atomic mass is 16.5. The molecule has 1 aliphatic rings. The van der Waals surface area contributed by atoms with Crippen LogP contribution in [0.5, 0.6) is 0 Å². The number of rotatable bonds is 2. The molecule has 1 aliphatic heterocycles. The third-order valence-electron chi connectivity index (χ3n) is 2.13. The SMILES string of the molecule is CCNC1OCc2ccccc21. The fourth-order valence-electron chi connectivity index (χ4n) is 1.54. The van der Waals surface area contributed by atoms with Crippen molar-refractivity contribution in [3.63, 3.8) is 0 Å². The van der Waals surface area contributed by atoms with Crippen LogP contribution in [0.2, 0.25) is 0 Å². The third kappa shape index (κ3) is 1.24. The zero-order valence-corrected chi connectivity index (χ0v) is 7.21. The van der Waals surface area contributed by atoms with Gasteiger partial charge in [-0.1, -0.05) is 31.2 Å². The number of hydrogen-bond donors (Lipinski definition) is 1. The molecule has 12 heavy (non-hydrogen) atoms. The number of ether oxygens (including phenoxy) is 1. The van der Waals surface area contributed by atoms with E-state index < -0.39 is 0 Å². The van der Waals surface area contributed by atoms with E-state index in [2.05, 4.69) is 36.5 Å². The first kappa shape index (κ1) is 7.77. The molecule has 0 spiro atoms. The first-order chi connectivity index (χ1) is 5.92. The maximum atomic E-state index is 5.55. The van der Waals surface area contributed by atoms with Crippen LogP contribution in [0.25, 0.3) is 0 Å². The lowest BCUT2D eigenvalue weighted by molar-refractivity contribution is 0.0430. The number of hydrogen-bond acceptors (Lipinski definition) is 2. The van der Waals surface area contributed by atoms with Crippen LogP contribution < -0.4 is 5.32 Å². The topological polar surface area (TPSA) is 21.3 Å². The summed E-state index contributed by atoms with van der Waals surface area (Å²) < 4.78 is 5.55. The summed E-state index contributed by atoms with van der Waals surface area (Å²) in [6.07, 6.45) is 0.117. The van der Waals surface area contributed by atoms with E-state index >= 15 is 0 Å². The van der Waals surface area contributed by atoms with E-state index in [9.17, 15) is 0 Å². The van der Waals surface area contributed by atoms with Gasteiger partial charge < -0.3 is 4.74 Å². The molecule has 1 unspecified atom stereocenters. The summed E-state index contributed by atoms with van der Waals surface area (Å²) in [6.45, 7) is 3.77. The molecule has 0 fully saturated rings. The summed E-state index contributed by atoms with van der Waals surface area (Å²) >= 11 is 0. The molecular formula is C10H13NO. The average molecular weight is 163 g/mol. The van der Waals surface area contributed by atoms with Gasteiger partial charge in [0.1, 0.15) is 6.23 Å². The Hall–Kier alpha value is -0.860. The molecule has 1 N–H and O–H groups in total. The average Bonchev–Trinajstić information content (AvgIpc) is 2.50. The van der Waals surface area contributed by atoms with Crippen LogP contribution in [0.4, 0.5) is 0 Å². The first-order valence-corrected chi connectivity index (χ1v) is 4.34. The Morgan fingerprint density at radius 3 is 3.17 bits per heavy atom. The van der Waals surface area contributed by atoms with Crippen LogP contribution in [0.3, 0.4) is 0 Å². The highest BCUT2D eigenvalue weighted by Gasteiger charge is 2.20. The second kappa shape index (κ2) is 3.25. The lowest BCUT2D eigenvalue weighted by Gasteiger charge is -2.10. The van der Waals surface area contributed by atoms with E-state index in [1.165, 1.54) is 11.1 Å². The summed E-state index contributed by atoms with van der Waals surface area (Å²) in [5.74, 6) is 0. The molecule has 0 aliphatic carbocycles. The minimum absolute atomic E-state index is 0.117. The Bertz CT molecular complexity index is 270. The fourth-order valence-corrected chi connectivity index (χ4v) is 1.54. The van der Waals surface area contributed by atoms with E-state index in [-0.39, 0.29) is 6.23 Å². The predicted molar refractivity (Wildman–Crippen MR) is 47.6 cm³/mol. The van der Waals surface area contributed by atoms with Crippen molar-refractivity contribution in [2.45, 2.75) is 19.8 Å². The second-order valence-electron chi connectivity index (χ2n) is 2.95. The van der Waals surface area contributed by atoms with Gasteiger partial charge in [0.2, 0.25) is 0 Å². The maximum Gasteiger partial charge on any atom is 0.135 e. The molecule has 0 bridgehead atoms. The van der Waals surface area contributed by atoms with Crippen molar-refractivity contribution in [1.82, 2.24) is 5.32 Å². The largest absolute Gasteiger partial charge is 0.354 e.